The summed E-state index contributed by atoms with van der Waals surface area (Å²) in [6, 6.07) is 16.3. The van der Waals surface area contributed by atoms with Crippen LogP contribution in [0.1, 0.15) is 36.8 Å². The quantitative estimate of drug-likeness (QED) is 0.365. The van der Waals surface area contributed by atoms with Gasteiger partial charge in [-0.15, -0.1) is 10.2 Å². The molecule has 162 valence electrons. The Morgan fingerprint density at radius 3 is 2.41 bits per heavy atom. The zero-order chi connectivity index (χ0) is 20.9. The Morgan fingerprint density at radius 2 is 1.78 bits per heavy atom. The molecule has 2 aromatic heterocycles. The van der Waals surface area contributed by atoms with Gasteiger partial charge in [0.2, 0.25) is 5.82 Å². The van der Waals surface area contributed by atoms with Gasteiger partial charge >= 0.3 is 51.4 Å². The molecule has 0 bridgehead atoms. The van der Waals surface area contributed by atoms with Crippen LogP contribution in [0.5, 0.6) is 0 Å². The molecule has 32 heavy (non-hydrogen) atoms. The minimum absolute atomic E-state index is 0. The van der Waals surface area contributed by atoms with Crippen molar-refractivity contribution in [3.8, 4) is 22.5 Å². The van der Waals surface area contributed by atoms with Gasteiger partial charge in [-0.25, -0.2) is 4.98 Å². The van der Waals surface area contributed by atoms with Gasteiger partial charge < -0.3 is 15.1 Å². The fourth-order valence-electron chi connectivity index (χ4n) is 3.55. The number of rotatable bonds is 8. The van der Waals surface area contributed by atoms with E-state index in [2.05, 4.69) is 56.8 Å². The van der Waals surface area contributed by atoms with Crippen molar-refractivity contribution in [1.29, 1.82) is 0 Å². The van der Waals surface area contributed by atoms with Crippen LogP contribution in [0.2, 0.25) is 5.15 Å². The van der Waals surface area contributed by atoms with Crippen molar-refractivity contribution >= 4 is 11.6 Å². The van der Waals surface area contributed by atoms with Crippen LogP contribution in [-0.2, 0) is 19.6 Å². The van der Waals surface area contributed by atoms with E-state index in [0.717, 1.165) is 47.3 Å². The molecule has 4 aromatic rings. The summed E-state index contributed by atoms with van der Waals surface area (Å²) in [7, 11) is 0. The molecule has 0 aliphatic rings. The molecule has 0 unspecified atom stereocenters. The summed E-state index contributed by atoms with van der Waals surface area (Å²) in [6.45, 7) is 2.63. The van der Waals surface area contributed by atoms with E-state index in [0.29, 0.717) is 23.2 Å². The molecule has 0 aliphatic heterocycles. The van der Waals surface area contributed by atoms with Crippen LogP contribution in [0, 0.1) is 0 Å². The van der Waals surface area contributed by atoms with E-state index < -0.39 is 0 Å². The molecular weight excluding hydrogens is 455 g/mol. The number of H-pyrrole nitrogens is 1. The predicted molar refractivity (Wildman–Crippen MR) is 118 cm³/mol. The van der Waals surface area contributed by atoms with Gasteiger partial charge in [0.15, 0.2) is 5.15 Å². The Bertz CT molecular complexity index is 1120. The monoisotopic (exact) mass is 478 g/mol. The third-order valence-electron chi connectivity index (χ3n) is 5.13. The summed E-state index contributed by atoms with van der Waals surface area (Å²) in [4.78, 5) is 4.47. The average Bonchev–Trinajstić information content (AvgIpc) is 3.41. The summed E-state index contributed by atoms with van der Waals surface area (Å²) < 4.78 is 2.03. The average molecular weight is 479 g/mol. The number of aryl methyl sites for hydroxylation is 1. The first-order valence-electron chi connectivity index (χ1n) is 9.98. The normalized spacial score (nSPS) is 10.5. The molecule has 0 atom stereocenters. The molecule has 8 nitrogen and oxygen atoms in total. The minimum Gasteiger partial charge on any atom is -0.870 e. The summed E-state index contributed by atoms with van der Waals surface area (Å²) in [5.41, 5.74) is 4.80. The molecule has 2 heterocycles. The molecule has 0 saturated heterocycles. The molecule has 0 saturated carbocycles. The first-order chi connectivity index (χ1) is 14.7. The second-order valence-electron chi connectivity index (χ2n) is 7.09. The van der Waals surface area contributed by atoms with Crippen molar-refractivity contribution in [3.63, 3.8) is 0 Å². The Kier molecular flexibility index (Phi) is 10.7. The summed E-state index contributed by atoms with van der Waals surface area (Å²) in [5, 5.41) is 24.5. The van der Waals surface area contributed by atoms with Gasteiger partial charge in [0, 0.05) is 18.5 Å². The second-order valence-corrected chi connectivity index (χ2v) is 7.45. The molecule has 3 N–H and O–H groups in total. The first-order valence-corrected chi connectivity index (χ1v) is 10.4. The van der Waals surface area contributed by atoms with Crippen molar-refractivity contribution in [2.45, 2.75) is 39.3 Å². The van der Waals surface area contributed by atoms with E-state index in [9.17, 15) is 5.11 Å². The Labute approximate surface area is 234 Å². The molecule has 10 heteroatoms. The smallest absolute Gasteiger partial charge is 0.870 e. The molecular formula is C22H24ClKN6O2. The van der Waals surface area contributed by atoms with Gasteiger partial charge in [-0.2, -0.15) is 5.21 Å². The van der Waals surface area contributed by atoms with Gasteiger partial charge in [0.25, 0.3) is 0 Å². The van der Waals surface area contributed by atoms with Gasteiger partial charge in [0.1, 0.15) is 5.82 Å². The van der Waals surface area contributed by atoms with Crippen LogP contribution in [0.15, 0.2) is 48.5 Å². The van der Waals surface area contributed by atoms with Gasteiger partial charge in [-0.1, -0.05) is 73.5 Å². The van der Waals surface area contributed by atoms with Crippen molar-refractivity contribution in [2.24, 2.45) is 0 Å². The second kappa shape index (κ2) is 12.7. The van der Waals surface area contributed by atoms with E-state index in [1.165, 1.54) is 0 Å². The summed E-state index contributed by atoms with van der Waals surface area (Å²) >= 11 is 6.26. The number of halogens is 1. The largest absolute Gasteiger partial charge is 1.00 e. The predicted octanol–water partition coefficient (Wildman–Crippen LogP) is 1.09. The Balaban J connectivity index is 0.00000181. The first kappa shape index (κ1) is 26.8. The number of aromatic nitrogens is 6. The van der Waals surface area contributed by atoms with E-state index >= 15 is 0 Å². The fourth-order valence-corrected chi connectivity index (χ4v) is 3.81. The SMILES string of the molecule is CCCCc1nc(Cl)c(CO)n1Cc1ccc(-c2ccccc2-c2nn[nH]n2)cc1.[K+].[OH-]. The number of imidazole rings is 1. The number of hydrogen-bond donors (Lipinski definition) is 2. The number of tetrazole rings is 1. The van der Waals surface area contributed by atoms with Crippen LogP contribution in [-0.4, -0.2) is 40.8 Å². The summed E-state index contributed by atoms with van der Waals surface area (Å²) in [6.07, 6.45) is 2.95. The number of benzene rings is 2. The molecule has 4 rings (SSSR count). The molecule has 2 aromatic carbocycles. The maximum atomic E-state index is 9.77. The van der Waals surface area contributed by atoms with E-state index in [-0.39, 0.29) is 63.5 Å². The van der Waals surface area contributed by atoms with Gasteiger partial charge in [-0.3, -0.25) is 0 Å². The molecule has 0 fully saturated rings. The maximum Gasteiger partial charge on any atom is 1.00 e. The van der Waals surface area contributed by atoms with Crippen molar-refractivity contribution in [1.82, 2.24) is 30.2 Å². The van der Waals surface area contributed by atoms with Gasteiger partial charge in [0.05, 0.1) is 12.3 Å². The van der Waals surface area contributed by atoms with E-state index in [1.54, 1.807) is 0 Å². The number of unbranched alkanes of at least 4 members (excludes halogenated alkanes) is 1. The summed E-state index contributed by atoms with van der Waals surface area (Å²) in [5.74, 6) is 1.48. The number of nitrogens with one attached hydrogen (secondary N) is 1. The topological polar surface area (TPSA) is 123 Å². The van der Waals surface area contributed by atoms with Crippen molar-refractivity contribution in [2.75, 3.05) is 0 Å². The van der Waals surface area contributed by atoms with Gasteiger partial charge in [-0.05, 0) is 28.3 Å². The number of aromatic amines is 1. The third kappa shape index (κ3) is 5.92. The molecule has 0 radical (unpaired) electrons. The van der Waals surface area contributed by atoms with Crippen molar-refractivity contribution < 1.29 is 62.0 Å². The zero-order valence-electron chi connectivity index (χ0n) is 18.2. The van der Waals surface area contributed by atoms with Crippen LogP contribution in [0.3, 0.4) is 0 Å². The number of aliphatic hydroxyl groups is 1. The van der Waals surface area contributed by atoms with Crippen LogP contribution < -0.4 is 51.4 Å². The van der Waals surface area contributed by atoms with Crippen molar-refractivity contribution in [3.05, 3.63) is 70.8 Å². The standard InChI is InChI=1S/C22H23ClN6O.K.H2O/c1-2-3-8-20-24-21(23)19(14-30)29(20)13-15-9-11-16(12-10-15)17-6-4-5-7-18(17)22-25-27-28-26-22;;/h4-7,9-12,30H,2-3,8,13-14H2,1H3,(H,25,26,27,28);;1H2/q;+1;/p-1. The van der Waals surface area contributed by atoms with Crippen LogP contribution in [0.25, 0.3) is 22.5 Å². The number of aliphatic hydroxyl groups excluding tert-OH is 1. The number of hydrogen-bond acceptors (Lipinski definition) is 6. The molecule has 0 spiro atoms. The Hall–Kier alpha value is -1.43. The van der Waals surface area contributed by atoms with E-state index in [4.69, 9.17) is 11.6 Å². The number of nitrogens with zero attached hydrogens (tertiary/aromatic N) is 5. The van der Waals surface area contributed by atoms with Crippen LogP contribution in [0.4, 0.5) is 0 Å². The van der Waals surface area contributed by atoms with Crippen LogP contribution >= 0.6 is 11.6 Å². The third-order valence-corrected chi connectivity index (χ3v) is 5.43. The maximum absolute atomic E-state index is 9.77. The Morgan fingerprint density at radius 1 is 1.06 bits per heavy atom. The molecule has 0 amide bonds. The fraction of sp³-hybridized carbons (Fsp3) is 0.273. The zero-order valence-corrected chi connectivity index (χ0v) is 22.0. The minimum atomic E-state index is -0.131. The molecule has 0 aliphatic carbocycles. The van der Waals surface area contributed by atoms with E-state index in [1.807, 2.05) is 28.8 Å².